The van der Waals surface area contributed by atoms with E-state index in [2.05, 4.69) is 26.2 Å². The van der Waals surface area contributed by atoms with Gasteiger partial charge >= 0.3 is 6.18 Å². The Labute approximate surface area is 125 Å². The van der Waals surface area contributed by atoms with Crippen LogP contribution < -0.4 is 5.32 Å². The Kier molecular flexibility index (Phi) is 3.36. The molecule has 3 nitrogen and oxygen atoms in total. The topological polar surface area (TPSA) is 38.1 Å². The number of nitrogens with one attached hydrogen (secondary N) is 1. The zero-order valence-electron chi connectivity index (χ0n) is 10.4. The van der Waals surface area contributed by atoms with E-state index in [0.29, 0.717) is 15.6 Å². The summed E-state index contributed by atoms with van der Waals surface area (Å²) in [5, 5.41) is 2.75. The van der Waals surface area contributed by atoms with E-state index in [-0.39, 0.29) is 11.7 Å². The van der Waals surface area contributed by atoms with Gasteiger partial charge in [0, 0.05) is 4.47 Å². The average Bonchev–Trinajstić information content (AvgIpc) is 2.82. The van der Waals surface area contributed by atoms with Crippen molar-refractivity contribution in [2.75, 3.05) is 5.32 Å². The Morgan fingerprint density at radius 1 is 1.10 bits per heavy atom. The van der Waals surface area contributed by atoms with Crippen molar-refractivity contribution < 1.29 is 17.6 Å². The third-order valence-electron chi connectivity index (χ3n) is 2.83. The first-order valence-corrected chi connectivity index (χ1v) is 6.72. The molecule has 1 heterocycles. The molecule has 0 fully saturated rings. The van der Waals surface area contributed by atoms with Gasteiger partial charge in [0.2, 0.25) is 0 Å². The van der Waals surface area contributed by atoms with Crippen LogP contribution in [0.2, 0.25) is 0 Å². The van der Waals surface area contributed by atoms with Crippen molar-refractivity contribution in [2.45, 2.75) is 6.18 Å². The predicted molar refractivity (Wildman–Crippen MR) is 76.4 cm³/mol. The lowest BCUT2D eigenvalue weighted by molar-refractivity contribution is -0.137. The number of oxazole rings is 1. The fourth-order valence-corrected chi connectivity index (χ4v) is 2.18. The zero-order chi connectivity index (χ0) is 15.0. The maximum atomic E-state index is 12.7. The van der Waals surface area contributed by atoms with E-state index < -0.39 is 11.7 Å². The highest BCUT2D eigenvalue weighted by Crippen LogP contribution is 2.35. The summed E-state index contributed by atoms with van der Waals surface area (Å²) in [6.45, 7) is 0. The molecule has 0 atom stereocenters. The smallest absolute Gasteiger partial charge is 0.416 e. The van der Waals surface area contributed by atoms with Gasteiger partial charge in [-0.2, -0.15) is 18.2 Å². The van der Waals surface area contributed by atoms with Crippen LogP contribution in [0.1, 0.15) is 5.56 Å². The lowest BCUT2D eigenvalue weighted by atomic mass is 10.2. The molecule has 0 unspecified atom stereocenters. The van der Waals surface area contributed by atoms with Gasteiger partial charge in [0.1, 0.15) is 5.52 Å². The van der Waals surface area contributed by atoms with Crippen LogP contribution in [0.25, 0.3) is 11.1 Å². The maximum Gasteiger partial charge on any atom is 0.416 e. The van der Waals surface area contributed by atoms with E-state index in [1.807, 2.05) is 0 Å². The molecule has 0 spiro atoms. The number of rotatable bonds is 2. The summed E-state index contributed by atoms with van der Waals surface area (Å²) in [6.07, 6.45) is -4.40. The number of anilines is 2. The molecule has 3 rings (SSSR count). The van der Waals surface area contributed by atoms with Crippen LogP contribution in [0.4, 0.5) is 24.9 Å². The molecule has 2 aromatic carbocycles. The third-order valence-corrected chi connectivity index (χ3v) is 3.52. The molecule has 1 N–H and O–H groups in total. The summed E-state index contributed by atoms with van der Waals surface area (Å²) < 4.78 is 44.1. The van der Waals surface area contributed by atoms with Crippen LogP contribution >= 0.6 is 15.9 Å². The van der Waals surface area contributed by atoms with Crippen molar-refractivity contribution in [3.8, 4) is 0 Å². The van der Waals surface area contributed by atoms with Gasteiger partial charge in [-0.25, -0.2) is 0 Å². The highest BCUT2D eigenvalue weighted by molar-refractivity contribution is 9.10. The fourth-order valence-electron chi connectivity index (χ4n) is 1.84. The first kappa shape index (κ1) is 13.9. The molecular weight excluding hydrogens is 349 g/mol. The summed E-state index contributed by atoms with van der Waals surface area (Å²) >= 11 is 3.20. The first-order valence-electron chi connectivity index (χ1n) is 5.93. The molecule has 0 saturated carbocycles. The van der Waals surface area contributed by atoms with Crippen molar-refractivity contribution in [2.24, 2.45) is 0 Å². The Morgan fingerprint density at radius 2 is 1.86 bits per heavy atom. The highest BCUT2D eigenvalue weighted by atomic mass is 79.9. The molecular formula is C14H8BrF3N2O. The van der Waals surface area contributed by atoms with Crippen molar-refractivity contribution in [3.05, 3.63) is 52.5 Å². The van der Waals surface area contributed by atoms with Crippen LogP contribution in [0.5, 0.6) is 0 Å². The van der Waals surface area contributed by atoms with E-state index in [1.165, 1.54) is 6.07 Å². The zero-order valence-corrected chi connectivity index (χ0v) is 12.0. The summed E-state index contributed by atoms with van der Waals surface area (Å²) in [5.41, 5.74) is 0.673. The number of aromatic nitrogens is 1. The van der Waals surface area contributed by atoms with E-state index >= 15 is 0 Å². The first-order chi connectivity index (χ1) is 9.93. The fraction of sp³-hybridized carbons (Fsp3) is 0.0714. The molecule has 0 aliphatic heterocycles. The molecule has 0 aliphatic rings. The molecule has 7 heteroatoms. The van der Waals surface area contributed by atoms with Crippen LogP contribution in [0.15, 0.2) is 51.4 Å². The van der Waals surface area contributed by atoms with Gasteiger partial charge in [-0.1, -0.05) is 12.1 Å². The molecule has 108 valence electrons. The summed E-state index contributed by atoms with van der Waals surface area (Å²) in [5.74, 6) is 0. The number of para-hydroxylation sites is 2. The largest absolute Gasteiger partial charge is 0.423 e. The number of halogens is 4. The van der Waals surface area contributed by atoms with Crippen molar-refractivity contribution >= 4 is 38.7 Å². The van der Waals surface area contributed by atoms with Crippen molar-refractivity contribution in [1.82, 2.24) is 4.98 Å². The van der Waals surface area contributed by atoms with Crippen molar-refractivity contribution in [3.63, 3.8) is 0 Å². The third kappa shape index (κ3) is 2.87. The van der Waals surface area contributed by atoms with Gasteiger partial charge in [-0.15, -0.1) is 0 Å². The molecule has 3 aromatic rings. The van der Waals surface area contributed by atoms with Crippen LogP contribution in [-0.4, -0.2) is 4.98 Å². The van der Waals surface area contributed by atoms with Crippen LogP contribution in [0, 0.1) is 0 Å². The number of hydrogen-bond acceptors (Lipinski definition) is 3. The standard InChI is InChI=1S/C14H8BrF3N2O/c15-9-6-5-8(14(16,17)18)7-11(9)20-13-19-10-3-1-2-4-12(10)21-13/h1-7H,(H,19,20). The molecule has 0 amide bonds. The monoisotopic (exact) mass is 356 g/mol. The van der Waals surface area contributed by atoms with Gasteiger partial charge in [0.25, 0.3) is 6.01 Å². The van der Waals surface area contributed by atoms with Crippen LogP contribution in [-0.2, 0) is 6.18 Å². The Morgan fingerprint density at radius 3 is 2.57 bits per heavy atom. The number of alkyl halides is 3. The molecule has 21 heavy (non-hydrogen) atoms. The minimum Gasteiger partial charge on any atom is -0.423 e. The Bertz CT molecular complexity index is 765. The molecule has 1 aromatic heterocycles. The minimum absolute atomic E-state index is 0.135. The number of nitrogens with zero attached hydrogens (tertiary/aromatic N) is 1. The quantitative estimate of drug-likeness (QED) is 0.672. The summed E-state index contributed by atoms with van der Waals surface area (Å²) in [7, 11) is 0. The second-order valence-electron chi connectivity index (χ2n) is 4.30. The van der Waals surface area contributed by atoms with Gasteiger partial charge in [-0.05, 0) is 46.3 Å². The Balaban J connectivity index is 1.97. The van der Waals surface area contributed by atoms with Crippen LogP contribution in [0.3, 0.4) is 0 Å². The second-order valence-corrected chi connectivity index (χ2v) is 5.16. The number of benzene rings is 2. The highest BCUT2D eigenvalue weighted by Gasteiger charge is 2.31. The molecule has 0 aliphatic carbocycles. The van der Waals surface area contributed by atoms with Crippen molar-refractivity contribution in [1.29, 1.82) is 0 Å². The summed E-state index contributed by atoms with van der Waals surface area (Å²) in [6, 6.07) is 10.5. The van der Waals surface area contributed by atoms with E-state index in [9.17, 15) is 13.2 Å². The summed E-state index contributed by atoms with van der Waals surface area (Å²) in [4.78, 5) is 4.16. The second kappa shape index (κ2) is 5.07. The molecule has 0 radical (unpaired) electrons. The lowest BCUT2D eigenvalue weighted by Gasteiger charge is -2.10. The van der Waals surface area contributed by atoms with E-state index in [4.69, 9.17) is 4.42 Å². The van der Waals surface area contributed by atoms with Gasteiger partial charge in [0.15, 0.2) is 5.58 Å². The van der Waals surface area contributed by atoms with E-state index in [1.54, 1.807) is 24.3 Å². The normalized spacial score (nSPS) is 11.8. The minimum atomic E-state index is -4.40. The average molecular weight is 357 g/mol. The molecule has 0 saturated heterocycles. The lowest BCUT2D eigenvalue weighted by Crippen LogP contribution is -2.05. The van der Waals surface area contributed by atoms with Gasteiger partial charge < -0.3 is 9.73 Å². The predicted octanol–water partition coefficient (Wildman–Crippen LogP) is 5.35. The van der Waals surface area contributed by atoms with Gasteiger partial charge in [-0.3, -0.25) is 0 Å². The molecule has 0 bridgehead atoms. The SMILES string of the molecule is FC(F)(F)c1ccc(Br)c(Nc2nc3ccccc3o2)c1. The number of hydrogen-bond donors (Lipinski definition) is 1. The maximum absolute atomic E-state index is 12.7. The Hall–Kier alpha value is -2.02. The number of fused-ring (bicyclic) bond motifs is 1. The van der Waals surface area contributed by atoms with Gasteiger partial charge in [0.05, 0.1) is 11.3 Å². The van der Waals surface area contributed by atoms with E-state index in [0.717, 1.165) is 12.1 Å².